The van der Waals surface area contributed by atoms with Crippen molar-refractivity contribution in [2.45, 2.75) is 26.3 Å². The summed E-state index contributed by atoms with van der Waals surface area (Å²) in [5, 5.41) is 3.11. The molecule has 0 spiro atoms. The molecule has 0 unspecified atom stereocenters. The zero-order chi connectivity index (χ0) is 22.8. The fraction of sp³-hybridized carbons (Fsp3) is 0.300. The van der Waals surface area contributed by atoms with Gasteiger partial charge in [-0.05, 0) is 24.6 Å². The molecule has 3 rings (SSSR count). The van der Waals surface area contributed by atoms with Crippen LogP contribution in [0.2, 0.25) is 0 Å². The average Bonchev–Trinajstić information content (AvgIpc) is 2.64. The van der Waals surface area contributed by atoms with Crippen molar-refractivity contribution < 1.29 is 27.0 Å². The molecule has 166 valence electrons. The highest BCUT2D eigenvalue weighted by atomic mass is 35.5. The Morgan fingerprint density at radius 3 is 2.74 bits per heavy atom. The summed E-state index contributed by atoms with van der Waals surface area (Å²) in [7, 11) is 1.30. The first kappa shape index (κ1) is 22.7. The summed E-state index contributed by atoms with van der Waals surface area (Å²) in [5.74, 6) is -1.16. The van der Waals surface area contributed by atoms with Crippen LogP contribution in [0.4, 0.5) is 29.2 Å². The molecule has 0 saturated heterocycles. The second kappa shape index (κ2) is 9.01. The van der Waals surface area contributed by atoms with Crippen LogP contribution in [-0.2, 0) is 6.54 Å². The number of methoxy groups -OCH3 is 1. The molecule has 1 atom stereocenters. The van der Waals surface area contributed by atoms with Gasteiger partial charge >= 0.3 is 11.9 Å². The van der Waals surface area contributed by atoms with Crippen molar-refractivity contribution in [1.29, 1.82) is 0 Å². The predicted octanol–water partition coefficient (Wildman–Crippen LogP) is 5.20. The Morgan fingerprint density at radius 1 is 1.35 bits per heavy atom. The van der Waals surface area contributed by atoms with E-state index in [0.717, 1.165) is 6.07 Å². The lowest BCUT2D eigenvalue weighted by Gasteiger charge is -2.21. The number of nitrogens with zero attached hydrogens (tertiary/aromatic N) is 2. The molecule has 0 radical (unpaired) electrons. The van der Waals surface area contributed by atoms with E-state index in [-0.39, 0.29) is 47.1 Å². The van der Waals surface area contributed by atoms with E-state index >= 15 is 0 Å². The molecular weight excluding hydrogens is 442 g/mol. The van der Waals surface area contributed by atoms with Crippen LogP contribution in [-0.4, -0.2) is 23.0 Å². The van der Waals surface area contributed by atoms with Crippen LogP contribution in [0.1, 0.15) is 12.0 Å². The van der Waals surface area contributed by atoms with Crippen molar-refractivity contribution in [2.24, 2.45) is 5.92 Å². The number of anilines is 2. The average molecular weight is 460 g/mol. The summed E-state index contributed by atoms with van der Waals surface area (Å²) in [6, 6.07) is 3.75. The molecule has 1 aliphatic rings. The van der Waals surface area contributed by atoms with Crippen LogP contribution in [0.25, 0.3) is 0 Å². The smallest absolute Gasteiger partial charge is 0.490 e. The van der Waals surface area contributed by atoms with Crippen molar-refractivity contribution in [1.82, 2.24) is 9.55 Å². The van der Waals surface area contributed by atoms with Gasteiger partial charge in [0, 0.05) is 35.7 Å². The Balaban J connectivity index is 1.96. The summed E-state index contributed by atoms with van der Waals surface area (Å²) in [6.07, 6.45) is -0.477. The highest BCUT2D eigenvalue weighted by Crippen LogP contribution is 2.31. The molecule has 0 aliphatic heterocycles. The topological polar surface area (TPSA) is 65.4 Å². The Hall–Kier alpha value is -3.01. The van der Waals surface area contributed by atoms with Gasteiger partial charge in [0.2, 0.25) is 11.7 Å². The third-order valence-electron chi connectivity index (χ3n) is 4.45. The van der Waals surface area contributed by atoms with Gasteiger partial charge in [0.05, 0.1) is 13.3 Å². The minimum absolute atomic E-state index is 0.0394. The van der Waals surface area contributed by atoms with Gasteiger partial charge in [-0.2, -0.15) is 4.98 Å². The van der Waals surface area contributed by atoms with Crippen molar-refractivity contribution in [3.63, 3.8) is 0 Å². The number of aromatic nitrogens is 2. The Morgan fingerprint density at radius 2 is 2.10 bits per heavy atom. The number of halogens is 5. The summed E-state index contributed by atoms with van der Waals surface area (Å²) in [5.41, 5.74) is 0.154. The Labute approximate surface area is 179 Å². The molecule has 1 heterocycles. The molecule has 1 N–H and O–H groups in total. The summed E-state index contributed by atoms with van der Waals surface area (Å²) < 4.78 is 62.0. The molecule has 1 aromatic heterocycles. The van der Waals surface area contributed by atoms with E-state index in [2.05, 4.69) is 15.0 Å². The van der Waals surface area contributed by atoms with Gasteiger partial charge in [0.1, 0.15) is 11.6 Å². The molecule has 0 bridgehead atoms. The molecular formula is C20H18ClF4N3O3. The van der Waals surface area contributed by atoms with E-state index in [4.69, 9.17) is 16.3 Å². The third-order valence-corrected chi connectivity index (χ3v) is 4.69. The quantitative estimate of drug-likeness (QED) is 0.602. The van der Waals surface area contributed by atoms with Crippen LogP contribution in [0.5, 0.6) is 11.5 Å². The number of alkyl halides is 3. The van der Waals surface area contributed by atoms with E-state index in [0.29, 0.717) is 5.56 Å². The highest BCUT2D eigenvalue weighted by molar-refractivity contribution is 6.31. The zero-order valence-corrected chi connectivity index (χ0v) is 17.2. The van der Waals surface area contributed by atoms with E-state index in [1.807, 2.05) is 0 Å². The molecule has 1 aromatic carbocycles. The van der Waals surface area contributed by atoms with Gasteiger partial charge in [-0.25, -0.2) is 4.39 Å². The first-order valence-electron chi connectivity index (χ1n) is 9.06. The molecule has 11 heteroatoms. The normalized spacial score (nSPS) is 16.4. The molecule has 1 aliphatic carbocycles. The lowest BCUT2D eigenvalue weighted by molar-refractivity contribution is -0.274. The number of hydrogen-bond acceptors (Lipinski definition) is 5. The second-order valence-electron chi connectivity index (χ2n) is 6.85. The second-order valence-corrected chi connectivity index (χ2v) is 7.28. The van der Waals surface area contributed by atoms with Gasteiger partial charge in [-0.1, -0.05) is 23.7 Å². The fourth-order valence-corrected chi connectivity index (χ4v) is 3.36. The molecule has 0 fully saturated rings. The van der Waals surface area contributed by atoms with E-state index in [1.54, 1.807) is 13.0 Å². The van der Waals surface area contributed by atoms with Crippen LogP contribution < -0.4 is 20.3 Å². The number of rotatable bonds is 6. The molecule has 31 heavy (non-hydrogen) atoms. The minimum atomic E-state index is -4.85. The summed E-state index contributed by atoms with van der Waals surface area (Å²) in [6.45, 7) is 1.84. The lowest BCUT2D eigenvalue weighted by Crippen LogP contribution is -2.21. The number of ether oxygens (including phenoxy) is 2. The largest absolute Gasteiger partial charge is 0.573 e. The van der Waals surface area contributed by atoms with Crippen molar-refractivity contribution in [2.75, 3.05) is 12.4 Å². The molecule has 0 saturated carbocycles. The number of benzene rings is 1. The first-order valence-corrected chi connectivity index (χ1v) is 9.44. The van der Waals surface area contributed by atoms with Crippen LogP contribution >= 0.6 is 11.6 Å². The van der Waals surface area contributed by atoms with Crippen LogP contribution in [0.15, 0.2) is 52.2 Å². The van der Waals surface area contributed by atoms with Gasteiger partial charge in [-0.3, -0.25) is 4.79 Å². The van der Waals surface area contributed by atoms with Crippen molar-refractivity contribution >= 4 is 23.2 Å². The minimum Gasteiger partial charge on any atom is -0.490 e. The van der Waals surface area contributed by atoms with Crippen molar-refractivity contribution in [3.8, 4) is 11.5 Å². The summed E-state index contributed by atoms with van der Waals surface area (Å²) in [4.78, 5) is 16.1. The molecule has 6 nitrogen and oxygen atoms in total. The summed E-state index contributed by atoms with van der Waals surface area (Å²) >= 11 is 5.94. The standard InChI is InChI=1S/C20H18ClF4N3O3/c1-11-3-4-15(31-20(23,24)25)8-16(11)26-19-27-18(29)17(30-2)10-28(19)9-12-5-13(21)7-14(22)6-12/h3-5,7-8,10,12H,6,9H2,1-2H3,(H,26,27,29)/t12-/m1/s1. The Bertz CT molecular complexity index is 1100. The zero-order valence-electron chi connectivity index (χ0n) is 16.5. The SMILES string of the molecule is COc1cn(C[C@@H]2C=C(Cl)C=C(F)C2)c(Nc2cc(OC(F)(F)F)ccc2C)nc1=O. The van der Waals surface area contributed by atoms with Gasteiger partial charge in [-0.15, -0.1) is 13.2 Å². The lowest BCUT2D eigenvalue weighted by atomic mass is 10.00. The van der Waals surface area contributed by atoms with Gasteiger partial charge in [0.15, 0.2) is 0 Å². The highest BCUT2D eigenvalue weighted by Gasteiger charge is 2.31. The number of nitrogens with one attached hydrogen (secondary N) is 1. The van der Waals surface area contributed by atoms with E-state index in [1.165, 1.54) is 36.1 Å². The monoisotopic (exact) mass is 459 g/mol. The maximum absolute atomic E-state index is 13.8. The van der Waals surface area contributed by atoms with Crippen LogP contribution in [0, 0.1) is 12.8 Å². The van der Waals surface area contributed by atoms with Crippen molar-refractivity contribution in [3.05, 3.63) is 63.3 Å². The fourth-order valence-electron chi connectivity index (χ4n) is 3.07. The molecule has 2 aromatic rings. The van der Waals surface area contributed by atoms with E-state index < -0.39 is 17.7 Å². The maximum Gasteiger partial charge on any atom is 0.573 e. The van der Waals surface area contributed by atoms with Gasteiger partial charge in [0.25, 0.3) is 0 Å². The first-order chi connectivity index (χ1) is 14.5. The maximum atomic E-state index is 13.8. The van der Waals surface area contributed by atoms with E-state index in [9.17, 15) is 22.4 Å². The third kappa shape index (κ3) is 6.00. The number of aryl methyl sites for hydroxylation is 1. The van der Waals surface area contributed by atoms with Crippen LogP contribution in [0.3, 0.4) is 0 Å². The van der Waals surface area contributed by atoms with Gasteiger partial charge < -0.3 is 19.4 Å². The number of hydrogen-bond donors (Lipinski definition) is 1. The molecule has 0 amide bonds. The number of allylic oxidation sites excluding steroid dienone is 4. The predicted molar refractivity (Wildman–Crippen MR) is 107 cm³/mol. The Kier molecular flexibility index (Phi) is 6.59.